The van der Waals surface area contributed by atoms with Gasteiger partial charge < -0.3 is 5.11 Å². The van der Waals surface area contributed by atoms with Gasteiger partial charge in [-0.3, -0.25) is 9.69 Å². The summed E-state index contributed by atoms with van der Waals surface area (Å²) < 4.78 is 0. The van der Waals surface area contributed by atoms with Crippen LogP contribution in [0.4, 0.5) is 0 Å². The zero-order valence-electron chi connectivity index (χ0n) is 13.0. The van der Waals surface area contributed by atoms with Gasteiger partial charge in [0.2, 0.25) is 0 Å². The van der Waals surface area contributed by atoms with E-state index in [4.69, 9.17) is 0 Å². The van der Waals surface area contributed by atoms with E-state index in [2.05, 4.69) is 4.90 Å². The fourth-order valence-corrected chi connectivity index (χ4v) is 5.84. The van der Waals surface area contributed by atoms with E-state index in [1.165, 1.54) is 44.9 Å². The summed E-state index contributed by atoms with van der Waals surface area (Å²) in [5.74, 6) is 2.31. The van der Waals surface area contributed by atoms with Crippen LogP contribution in [0.15, 0.2) is 0 Å². The quantitative estimate of drug-likeness (QED) is 0.810. The lowest BCUT2D eigenvalue weighted by Crippen LogP contribution is -2.48. The third kappa shape index (κ3) is 2.61. The Balaban J connectivity index is 1.59. The van der Waals surface area contributed by atoms with Crippen molar-refractivity contribution >= 4 is 5.97 Å². The zero-order chi connectivity index (χ0) is 14.3. The van der Waals surface area contributed by atoms with Crippen molar-refractivity contribution < 1.29 is 9.90 Å². The molecule has 0 radical (unpaired) electrons. The molecule has 3 heteroatoms. The molecule has 0 aromatic rings. The van der Waals surface area contributed by atoms with Crippen molar-refractivity contribution in [3.05, 3.63) is 0 Å². The van der Waals surface area contributed by atoms with Crippen molar-refractivity contribution in [2.24, 2.45) is 23.2 Å². The third-order valence-corrected chi connectivity index (χ3v) is 6.36. The average molecular weight is 279 g/mol. The van der Waals surface area contributed by atoms with E-state index in [9.17, 15) is 9.90 Å². The van der Waals surface area contributed by atoms with Gasteiger partial charge in [-0.25, -0.2) is 0 Å². The van der Waals surface area contributed by atoms with Gasteiger partial charge in [0.15, 0.2) is 0 Å². The molecule has 4 saturated carbocycles. The summed E-state index contributed by atoms with van der Waals surface area (Å²) >= 11 is 0. The molecular formula is C17H29NO2. The fourth-order valence-electron chi connectivity index (χ4n) is 5.84. The molecule has 114 valence electrons. The molecule has 4 rings (SSSR count). The van der Waals surface area contributed by atoms with Crippen LogP contribution < -0.4 is 0 Å². The number of hydrogen-bond donors (Lipinski definition) is 1. The number of carboxylic acids is 1. The van der Waals surface area contributed by atoms with Crippen LogP contribution in [0.3, 0.4) is 0 Å². The molecule has 1 atom stereocenters. The first-order valence-corrected chi connectivity index (χ1v) is 8.44. The summed E-state index contributed by atoms with van der Waals surface area (Å²) in [6.45, 7) is 2.93. The largest absolute Gasteiger partial charge is 0.480 e. The molecule has 0 saturated heterocycles. The molecule has 0 heterocycles. The van der Waals surface area contributed by atoms with Gasteiger partial charge in [0, 0.05) is 0 Å². The Hall–Kier alpha value is -0.570. The lowest BCUT2D eigenvalue weighted by molar-refractivity contribution is -0.143. The summed E-state index contributed by atoms with van der Waals surface area (Å²) in [4.78, 5) is 13.3. The van der Waals surface area contributed by atoms with Crippen molar-refractivity contribution in [2.45, 2.75) is 64.3 Å². The number of nitrogens with zero attached hydrogens (tertiary/aromatic N) is 1. The molecule has 0 aliphatic heterocycles. The molecule has 4 aliphatic carbocycles. The van der Waals surface area contributed by atoms with Gasteiger partial charge in [-0.1, -0.05) is 6.92 Å². The van der Waals surface area contributed by atoms with Gasteiger partial charge in [0.25, 0.3) is 0 Å². The normalized spacial score (nSPS) is 40.2. The molecule has 0 amide bonds. The minimum atomic E-state index is -0.666. The summed E-state index contributed by atoms with van der Waals surface area (Å²) in [6, 6.07) is -0.302. The van der Waals surface area contributed by atoms with E-state index in [1.54, 1.807) is 0 Å². The Labute approximate surface area is 122 Å². The van der Waals surface area contributed by atoms with E-state index < -0.39 is 5.97 Å². The summed E-state index contributed by atoms with van der Waals surface area (Å²) in [6.07, 6.45) is 10.7. The van der Waals surface area contributed by atoms with Gasteiger partial charge in [-0.15, -0.1) is 0 Å². The first kappa shape index (κ1) is 14.4. The average Bonchev–Trinajstić information content (AvgIpc) is 2.35. The second kappa shape index (κ2) is 5.32. The van der Waals surface area contributed by atoms with Crippen molar-refractivity contribution in [3.63, 3.8) is 0 Å². The molecule has 4 bridgehead atoms. The number of hydrogen-bond acceptors (Lipinski definition) is 2. The topological polar surface area (TPSA) is 40.5 Å². The van der Waals surface area contributed by atoms with Gasteiger partial charge in [0.05, 0.1) is 0 Å². The fraction of sp³-hybridized carbons (Fsp3) is 0.941. The highest BCUT2D eigenvalue weighted by Gasteiger charge is 2.50. The number of likely N-dealkylation sites (N-methyl/N-ethyl adjacent to an activating group) is 1. The molecule has 4 aliphatic rings. The van der Waals surface area contributed by atoms with Gasteiger partial charge in [-0.05, 0) is 88.1 Å². The van der Waals surface area contributed by atoms with Crippen LogP contribution in [0.2, 0.25) is 0 Å². The third-order valence-electron chi connectivity index (χ3n) is 6.36. The van der Waals surface area contributed by atoms with Crippen LogP contribution in [0.1, 0.15) is 58.3 Å². The predicted octanol–water partition coefficient (Wildman–Crippen LogP) is 3.39. The number of carbonyl (C=O) groups is 1. The monoisotopic (exact) mass is 279 g/mol. The number of carboxylic acid groups (broad SMARTS) is 1. The highest BCUT2D eigenvalue weighted by atomic mass is 16.4. The van der Waals surface area contributed by atoms with E-state index >= 15 is 0 Å². The molecule has 0 aromatic heterocycles. The maximum atomic E-state index is 11.3. The van der Waals surface area contributed by atoms with E-state index in [0.717, 1.165) is 24.3 Å². The highest BCUT2D eigenvalue weighted by Crippen LogP contribution is 2.61. The molecule has 1 N–H and O–H groups in total. The second-order valence-electron chi connectivity index (χ2n) is 7.91. The molecule has 3 nitrogen and oxygen atoms in total. The smallest absolute Gasteiger partial charge is 0.320 e. The van der Waals surface area contributed by atoms with Crippen molar-refractivity contribution in [2.75, 3.05) is 13.6 Å². The summed E-state index contributed by atoms with van der Waals surface area (Å²) in [5.41, 5.74) is 0.569. The summed E-state index contributed by atoms with van der Waals surface area (Å²) in [7, 11) is 1.99. The minimum Gasteiger partial charge on any atom is -0.480 e. The van der Waals surface area contributed by atoms with Crippen LogP contribution in [-0.2, 0) is 4.79 Å². The van der Waals surface area contributed by atoms with E-state index in [-0.39, 0.29) is 6.04 Å². The van der Waals surface area contributed by atoms with Gasteiger partial charge in [0.1, 0.15) is 6.04 Å². The Bertz CT molecular complexity index is 344. The van der Waals surface area contributed by atoms with Crippen LogP contribution >= 0.6 is 0 Å². The number of rotatable bonds is 6. The van der Waals surface area contributed by atoms with Crippen molar-refractivity contribution in [1.29, 1.82) is 0 Å². The number of aliphatic carboxylic acids is 1. The standard InChI is InChI=1S/C17H29NO2/c1-3-15(16(19)20)18(2)5-4-17-9-12-6-13(10-17)8-14(7-12)11-17/h12-15H,3-11H2,1-2H3,(H,19,20). The SMILES string of the molecule is CCC(C(=O)O)N(C)CCC12CC3CC(CC(C3)C1)C2. The zero-order valence-corrected chi connectivity index (χ0v) is 13.0. The Morgan fingerprint density at radius 2 is 1.70 bits per heavy atom. The van der Waals surface area contributed by atoms with Crippen LogP contribution in [-0.4, -0.2) is 35.6 Å². The lowest BCUT2D eigenvalue weighted by atomic mass is 9.49. The Kier molecular flexibility index (Phi) is 3.83. The van der Waals surface area contributed by atoms with Crippen LogP contribution in [0.5, 0.6) is 0 Å². The van der Waals surface area contributed by atoms with E-state index in [1.807, 2.05) is 14.0 Å². The lowest BCUT2D eigenvalue weighted by Gasteiger charge is -2.57. The van der Waals surface area contributed by atoms with Gasteiger partial charge in [-0.2, -0.15) is 0 Å². The molecule has 4 fully saturated rings. The first-order valence-electron chi connectivity index (χ1n) is 8.44. The Morgan fingerprint density at radius 1 is 1.20 bits per heavy atom. The highest BCUT2D eigenvalue weighted by molar-refractivity contribution is 5.73. The van der Waals surface area contributed by atoms with Crippen molar-refractivity contribution in [1.82, 2.24) is 4.90 Å². The minimum absolute atomic E-state index is 0.302. The molecule has 0 aromatic carbocycles. The van der Waals surface area contributed by atoms with Crippen LogP contribution in [0.25, 0.3) is 0 Å². The molecular weight excluding hydrogens is 250 g/mol. The van der Waals surface area contributed by atoms with Crippen molar-refractivity contribution in [3.8, 4) is 0 Å². The predicted molar refractivity (Wildman–Crippen MR) is 79.6 cm³/mol. The molecule has 1 unspecified atom stereocenters. The van der Waals surface area contributed by atoms with Gasteiger partial charge >= 0.3 is 5.97 Å². The maximum Gasteiger partial charge on any atom is 0.320 e. The van der Waals surface area contributed by atoms with Crippen LogP contribution in [0, 0.1) is 23.2 Å². The first-order chi connectivity index (χ1) is 9.51. The molecule has 0 spiro atoms. The molecule has 20 heavy (non-hydrogen) atoms. The second-order valence-corrected chi connectivity index (χ2v) is 7.91. The summed E-state index contributed by atoms with van der Waals surface area (Å²) in [5, 5.41) is 9.26. The Morgan fingerprint density at radius 3 is 2.10 bits per heavy atom. The maximum absolute atomic E-state index is 11.3. The van der Waals surface area contributed by atoms with E-state index in [0.29, 0.717) is 11.8 Å².